The molecule has 0 aliphatic carbocycles. The summed E-state index contributed by atoms with van der Waals surface area (Å²) in [5.74, 6) is 0.652. The minimum absolute atomic E-state index is 0.110. The van der Waals surface area contributed by atoms with E-state index in [9.17, 15) is 9.59 Å². The zero-order chi connectivity index (χ0) is 17.0. The predicted octanol–water partition coefficient (Wildman–Crippen LogP) is 0.349. The molecule has 10 heteroatoms. The van der Waals surface area contributed by atoms with E-state index in [1.54, 1.807) is 6.20 Å². The van der Waals surface area contributed by atoms with Gasteiger partial charge < -0.3 is 14.8 Å². The van der Waals surface area contributed by atoms with Crippen LogP contribution in [0.5, 0.6) is 5.75 Å². The molecular weight excluding hydrogens is 306 g/mol. The average Bonchev–Trinajstić information content (AvgIpc) is 3.13. The number of aromatic nitrogens is 5. The molecule has 0 amide bonds. The molecule has 0 radical (unpaired) electrons. The van der Waals surface area contributed by atoms with Crippen LogP contribution in [0.15, 0.2) is 23.5 Å². The Balaban J connectivity index is 0.000000595. The first-order valence-corrected chi connectivity index (χ1v) is 6.31. The molecule has 0 saturated carbocycles. The first-order valence-electron chi connectivity index (χ1n) is 6.31. The summed E-state index contributed by atoms with van der Waals surface area (Å²) in [6.07, 6.45) is 4.30. The van der Waals surface area contributed by atoms with E-state index in [2.05, 4.69) is 20.1 Å². The largest absolute Gasteiger partial charge is 0.494 e. The molecule has 0 bridgehead atoms. The third-order valence-electron chi connectivity index (χ3n) is 3.01. The highest BCUT2D eigenvalue weighted by Gasteiger charge is 2.18. The molecular formula is C13H13N5O5. The summed E-state index contributed by atoms with van der Waals surface area (Å²) in [4.78, 5) is 41.2. The maximum absolute atomic E-state index is 11.7. The van der Waals surface area contributed by atoms with Crippen molar-refractivity contribution in [3.63, 3.8) is 0 Å². The Kier molecular flexibility index (Phi) is 4.55. The second kappa shape index (κ2) is 6.56. The highest BCUT2D eigenvalue weighted by atomic mass is 16.5. The second-order valence-corrected chi connectivity index (χ2v) is 4.27. The van der Waals surface area contributed by atoms with Crippen LogP contribution in [0, 0.1) is 0 Å². The molecule has 3 rings (SSSR count). The van der Waals surface area contributed by atoms with Crippen LogP contribution in [-0.2, 0) is 4.79 Å². The lowest BCUT2D eigenvalue weighted by atomic mass is 10.1. The van der Waals surface area contributed by atoms with Crippen molar-refractivity contribution in [3.8, 4) is 11.6 Å². The molecule has 23 heavy (non-hydrogen) atoms. The van der Waals surface area contributed by atoms with Crippen LogP contribution in [0.2, 0.25) is 0 Å². The van der Waals surface area contributed by atoms with E-state index in [1.165, 1.54) is 26.6 Å². The standard InChI is InChI=1S/C12H11N5O3.CH2O2/c1-6(18)7-3-13-10-9(7)8(20-2)4-14-11(10)17-12(19)15-5-16-17;2-1-3/h3-5,13H,1-2H3,(H,15,16,19);1H,(H,2,3). The van der Waals surface area contributed by atoms with Crippen LogP contribution >= 0.6 is 0 Å². The normalized spacial score (nSPS) is 10.0. The predicted molar refractivity (Wildman–Crippen MR) is 79.1 cm³/mol. The molecule has 0 saturated heterocycles. The Hall–Kier alpha value is -3.43. The van der Waals surface area contributed by atoms with Crippen LogP contribution < -0.4 is 10.4 Å². The van der Waals surface area contributed by atoms with E-state index in [1.807, 2.05) is 0 Å². The number of aromatic amines is 2. The maximum atomic E-state index is 11.7. The zero-order valence-corrected chi connectivity index (χ0v) is 12.2. The van der Waals surface area contributed by atoms with Gasteiger partial charge in [0.05, 0.1) is 24.2 Å². The molecule has 0 unspecified atom stereocenters. The molecule has 0 aromatic carbocycles. The van der Waals surface area contributed by atoms with E-state index >= 15 is 0 Å². The molecule has 0 atom stereocenters. The van der Waals surface area contributed by atoms with E-state index in [0.29, 0.717) is 28.0 Å². The summed E-state index contributed by atoms with van der Waals surface area (Å²) in [5.41, 5.74) is 0.579. The number of carboxylic acid groups (broad SMARTS) is 1. The van der Waals surface area contributed by atoms with Crippen LogP contribution in [0.1, 0.15) is 17.3 Å². The van der Waals surface area contributed by atoms with Crippen LogP contribution in [0.25, 0.3) is 16.7 Å². The van der Waals surface area contributed by atoms with Gasteiger partial charge in [0, 0.05) is 11.8 Å². The second-order valence-electron chi connectivity index (χ2n) is 4.27. The Morgan fingerprint density at radius 3 is 2.65 bits per heavy atom. The maximum Gasteiger partial charge on any atom is 0.349 e. The summed E-state index contributed by atoms with van der Waals surface area (Å²) in [7, 11) is 1.49. The monoisotopic (exact) mass is 319 g/mol. The molecule has 3 heterocycles. The number of hydrogen-bond donors (Lipinski definition) is 3. The lowest BCUT2D eigenvalue weighted by Crippen LogP contribution is -2.17. The first-order chi connectivity index (χ1) is 11.0. The number of ether oxygens (including phenoxy) is 1. The Morgan fingerprint density at radius 1 is 1.43 bits per heavy atom. The molecule has 3 N–H and O–H groups in total. The smallest absolute Gasteiger partial charge is 0.349 e. The SMILES string of the molecule is COc1cnc(-n2nc[nH]c2=O)c2[nH]cc(C(C)=O)c12.O=CO. The van der Waals surface area contributed by atoms with E-state index in [4.69, 9.17) is 14.6 Å². The Bertz CT molecular complexity index is 907. The quantitative estimate of drug-likeness (QED) is 0.467. The van der Waals surface area contributed by atoms with Gasteiger partial charge in [-0.1, -0.05) is 0 Å². The minimum atomic E-state index is -0.414. The van der Waals surface area contributed by atoms with E-state index in [0.717, 1.165) is 4.68 Å². The van der Waals surface area contributed by atoms with Crippen molar-refractivity contribution < 1.29 is 19.4 Å². The molecule has 0 fully saturated rings. The fourth-order valence-electron chi connectivity index (χ4n) is 2.10. The van der Waals surface area contributed by atoms with Crippen LogP contribution in [0.4, 0.5) is 0 Å². The summed E-state index contributed by atoms with van der Waals surface area (Å²) >= 11 is 0. The molecule has 0 aliphatic heterocycles. The topological polar surface area (TPSA) is 143 Å². The van der Waals surface area contributed by atoms with Gasteiger partial charge in [0.15, 0.2) is 11.6 Å². The lowest BCUT2D eigenvalue weighted by molar-refractivity contribution is -0.122. The van der Waals surface area contributed by atoms with Gasteiger partial charge in [-0.05, 0) is 6.92 Å². The fraction of sp³-hybridized carbons (Fsp3) is 0.154. The number of nitrogens with one attached hydrogen (secondary N) is 2. The number of Topliss-reactive ketones (excluding diaryl/α,β-unsaturated/α-hetero) is 1. The van der Waals surface area contributed by atoms with Crippen molar-refractivity contribution in [2.24, 2.45) is 0 Å². The number of H-pyrrole nitrogens is 2. The molecule has 0 spiro atoms. The molecule has 120 valence electrons. The van der Waals surface area contributed by atoms with E-state index in [-0.39, 0.29) is 12.3 Å². The number of hydrogen-bond acceptors (Lipinski definition) is 6. The van der Waals surface area contributed by atoms with Gasteiger partial charge in [-0.15, -0.1) is 0 Å². The van der Waals surface area contributed by atoms with Crippen molar-refractivity contribution >= 4 is 23.2 Å². The van der Waals surface area contributed by atoms with Gasteiger partial charge in [0.1, 0.15) is 12.1 Å². The Morgan fingerprint density at radius 2 is 2.13 bits per heavy atom. The van der Waals surface area contributed by atoms with Crippen molar-refractivity contribution in [2.45, 2.75) is 6.92 Å². The highest BCUT2D eigenvalue weighted by molar-refractivity contribution is 6.10. The zero-order valence-electron chi connectivity index (χ0n) is 12.2. The average molecular weight is 319 g/mol. The minimum Gasteiger partial charge on any atom is -0.494 e. The molecule has 3 aromatic heterocycles. The van der Waals surface area contributed by atoms with Gasteiger partial charge in [-0.3, -0.25) is 14.6 Å². The number of methoxy groups -OCH3 is 1. The number of fused-ring (bicyclic) bond motifs is 1. The summed E-state index contributed by atoms with van der Waals surface area (Å²) in [6, 6.07) is 0. The Labute approximate surface area is 128 Å². The third kappa shape index (κ3) is 2.81. The van der Waals surface area contributed by atoms with Crippen molar-refractivity contribution in [3.05, 3.63) is 34.8 Å². The number of ketones is 1. The van der Waals surface area contributed by atoms with Gasteiger partial charge in [0.2, 0.25) is 0 Å². The lowest BCUT2D eigenvalue weighted by Gasteiger charge is -2.06. The molecule has 0 aliphatic rings. The van der Waals surface area contributed by atoms with Gasteiger partial charge >= 0.3 is 5.69 Å². The van der Waals surface area contributed by atoms with Crippen LogP contribution in [0.3, 0.4) is 0 Å². The first kappa shape index (κ1) is 15.9. The third-order valence-corrected chi connectivity index (χ3v) is 3.01. The number of carbonyl (C=O) groups is 2. The molecule has 10 nitrogen and oxygen atoms in total. The number of pyridine rings is 1. The number of nitrogens with zero attached hydrogens (tertiary/aromatic N) is 3. The van der Waals surface area contributed by atoms with E-state index < -0.39 is 5.69 Å². The number of rotatable bonds is 3. The summed E-state index contributed by atoms with van der Waals surface area (Å²) < 4.78 is 6.34. The summed E-state index contributed by atoms with van der Waals surface area (Å²) in [6.45, 7) is 1.21. The van der Waals surface area contributed by atoms with Crippen molar-refractivity contribution in [1.29, 1.82) is 0 Å². The highest BCUT2D eigenvalue weighted by Crippen LogP contribution is 2.30. The summed E-state index contributed by atoms with van der Waals surface area (Å²) in [5, 5.41) is 11.4. The van der Waals surface area contributed by atoms with Gasteiger partial charge in [-0.25, -0.2) is 9.78 Å². The number of carbonyl (C=O) groups excluding carboxylic acids is 1. The van der Waals surface area contributed by atoms with Gasteiger partial charge in [-0.2, -0.15) is 9.78 Å². The van der Waals surface area contributed by atoms with Crippen molar-refractivity contribution in [2.75, 3.05) is 7.11 Å². The molecule has 3 aromatic rings. The fourth-order valence-corrected chi connectivity index (χ4v) is 2.10. The van der Waals surface area contributed by atoms with Gasteiger partial charge in [0.25, 0.3) is 6.47 Å². The van der Waals surface area contributed by atoms with Crippen molar-refractivity contribution in [1.82, 2.24) is 24.7 Å². The van der Waals surface area contributed by atoms with Crippen LogP contribution in [-0.4, -0.2) is 49.2 Å².